The van der Waals surface area contributed by atoms with Gasteiger partial charge in [0.2, 0.25) is 0 Å². The number of benzene rings is 1. The van der Waals surface area contributed by atoms with E-state index in [4.69, 9.17) is 21.6 Å². The van der Waals surface area contributed by atoms with Gasteiger partial charge in [-0.15, -0.1) is 11.6 Å². The quantitative estimate of drug-likeness (QED) is 0.680. The second-order valence-electron chi connectivity index (χ2n) is 2.68. The average Bonchev–Trinajstić information content (AvgIpc) is 2.16. The number of hydrogen-bond donors (Lipinski definition) is 0. The van der Waals surface area contributed by atoms with Crippen LogP contribution in [0.3, 0.4) is 0 Å². The highest BCUT2D eigenvalue weighted by atomic mass is 35.5. The number of rotatable bonds is 2. The molecule has 0 aliphatic heterocycles. The predicted molar refractivity (Wildman–Crippen MR) is 52.0 cm³/mol. The molecule has 0 N–H and O–H groups in total. The van der Waals surface area contributed by atoms with Crippen molar-refractivity contribution in [3.8, 4) is 11.8 Å². The van der Waals surface area contributed by atoms with Crippen LogP contribution in [-0.4, -0.2) is 7.11 Å². The maximum Gasteiger partial charge on any atom is 0.123 e. The number of ether oxygens (including phenoxy) is 1. The van der Waals surface area contributed by atoms with Crippen molar-refractivity contribution in [2.45, 2.75) is 12.3 Å². The van der Waals surface area contributed by atoms with Crippen LogP contribution in [0.15, 0.2) is 18.2 Å². The van der Waals surface area contributed by atoms with Crippen molar-refractivity contribution in [1.29, 1.82) is 5.26 Å². The number of nitrogens with zero attached hydrogens (tertiary/aromatic N) is 1. The molecular formula is C10H10ClNO. The van der Waals surface area contributed by atoms with Crippen LogP contribution in [-0.2, 0) is 0 Å². The minimum Gasteiger partial charge on any atom is -0.496 e. The SMILES string of the molecule is COc1ccc(C#N)cc1C(C)Cl. The summed E-state index contributed by atoms with van der Waals surface area (Å²) in [5.41, 5.74) is 1.45. The maximum absolute atomic E-state index is 8.67. The number of methoxy groups -OCH3 is 1. The first-order valence-electron chi connectivity index (χ1n) is 3.91. The Labute approximate surface area is 82.7 Å². The van der Waals surface area contributed by atoms with Crippen molar-refractivity contribution in [3.05, 3.63) is 29.3 Å². The van der Waals surface area contributed by atoms with E-state index in [2.05, 4.69) is 6.07 Å². The molecule has 68 valence electrons. The fourth-order valence-corrected chi connectivity index (χ4v) is 1.29. The number of nitriles is 1. The van der Waals surface area contributed by atoms with Crippen LogP contribution in [0.2, 0.25) is 0 Å². The molecule has 1 rings (SSSR count). The van der Waals surface area contributed by atoms with Gasteiger partial charge < -0.3 is 4.74 Å². The Morgan fingerprint density at radius 3 is 2.69 bits per heavy atom. The Balaban J connectivity index is 3.20. The van der Waals surface area contributed by atoms with Gasteiger partial charge in [0.1, 0.15) is 5.75 Å². The van der Waals surface area contributed by atoms with Crippen LogP contribution in [0, 0.1) is 11.3 Å². The summed E-state index contributed by atoms with van der Waals surface area (Å²) in [5, 5.41) is 8.52. The summed E-state index contributed by atoms with van der Waals surface area (Å²) >= 11 is 5.93. The molecule has 0 fully saturated rings. The van der Waals surface area contributed by atoms with E-state index in [1.165, 1.54) is 0 Å². The van der Waals surface area contributed by atoms with Crippen molar-refractivity contribution in [2.75, 3.05) is 7.11 Å². The summed E-state index contributed by atoms with van der Waals surface area (Å²) < 4.78 is 5.11. The predicted octanol–water partition coefficient (Wildman–Crippen LogP) is 2.87. The van der Waals surface area contributed by atoms with E-state index < -0.39 is 0 Å². The van der Waals surface area contributed by atoms with Gasteiger partial charge in [-0.1, -0.05) is 0 Å². The summed E-state index contributed by atoms with van der Waals surface area (Å²) in [4.78, 5) is 0. The normalized spacial score (nSPS) is 11.8. The second kappa shape index (κ2) is 4.15. The third-order valence-electron chi connectivity index (χ3n) is 1.79. The first kappa shape index (κ1) is 9.88. The molecule has 0 bridgehead atoms. The first-order chi connectivity index (χ1) is 6.19. The van der Waals surface area contributed by atoms with Crippen molar-refractivity contribution < 1.29 is 4.74 Å². The fraction of sp³-hybridized carbons (Fsp3) is 0.300. The molecule has 0 saturated carbocycles. The van der Waals surface area contributed by atoms with Gasteiger partial charge >= 0.3 is 0 Å². The molecule has 0 aliphatic carbocycles. The highest BCUT2D eigenvalue weighted by Gasteiger charge is 2.09. The number of hydrogen-bond acceptors (Lipinski definition) is 2. The van der Waals surface area contributed by atoms with Gasteiger partial charge in [0.25, 0.3) is 0 Å². The smallest absolute Gasteiger partial charge is 0.123 e. The molecule has 2 nitrogen and oxygen atoms in total. The van der Waals surface area contributed by atoms with Gasteiger partial charge in [0, 0.05) is 5.56 Å². The van der Waals surface area contributed by atoms with Gasteiger partial charge in [-0.05, 0) is 25.1 Å². The van der Waals surface area contributed by atoms with Gasteiger partial charge in [0.05, 0.1) is 24.1 Å². The molecule has 3 heteroatoms. The molecule has 0 saturated heterocycles. The molecule has 1 unspecified atom stereocenters. The van der Waals surface area contributed by atoms with Crippen molar-refractivity contribution in [1.82, 2.24) is 0 Å². The molecule has 0 heterocycles. The van der Waals surface area contributed by atoms with Crippen LogP contribution >= 0.6 is 11.6 Å². The lowest BCUT2D eigenvalue weighted by atomic mass is 10.1. The van der Waals surface area contributed by atoms with Gasteiger partial charge in [0.15, 0.2) is 0 Å². The van der Waals surface area contributed by atoms with E-state index in [-0.39, 0.29) is 5.38 Å². The van der Waals surface area contributed by atoms with E-state index in [1.54, 1.807) is 25.3 Å². The lowest BCUT2D eigenvalue weighted by Crippen LogP contribution is -1.93. The highest BCUT2D eigenvalue weighted by molar-refractivity contribution is 6.20. The van der Waals surface area contributed by atoms with Crippen LogP contribution < -0.4 is 4.74 Å². The standard InChI is InChI=1S/C10H10ClNO/c1-7(11)9-5-8(6-12)3-4-10(9)13-2/h3-5,7H,1-2H3. The number of alkyl halides is 1. The van der Waals surface area contributed by atoms with Crippen molar-refractivity contribution in [3.63, 3.8) is 0 Å². The maximum atomic E-state index is 8.67. The van der Waals surface area contributed by atoms with Crippen LogP contribution in [0.1, 0.15) is 23.4 Å². The third-order valence-corrected chi connectivity index (χ3v) is 2.02. The molecule has 1 aromatic rings. The summed E-state index contributed by atoms with van der Waals surface area (Å²) in [6, 6.07) is 7.27. The zero-order valence-corrected chi connectivity index (χ0v) is 8.30. The van der Waals surface area contributed by atoms with E-state index in [0.717, 1.165) is 11.3 Å². The minimum absolute atomic E-state index is 0.150. The first-order valence-corrected chi connectivity index (χ1v) is 4.34. The van der Waals surface area contributed by atoms with E-state index in [0.29, 0.717) is 5.56 Å². The molecule has 0 aliphatic rings. The zero-order valence-electron chi connectivity index (χ0n) is 7.54. The second-order valence-corrected chi connectivity index (χ2v) is 3.34. The molecular weight excluding hydrogens is 186 g/mol. The Hall–Kier alpha value is -1.20. The van der Waals surface area contributed by atoms with Crippen LogP contribution in [0.25, 0.3) is 0 Å². The van der Waals surface area contributed by atoms with Crippen molar-refractivity contribution in [2.24, 2.45) is 0 Å². The summed E-state index contributed by atoms with van der Waals surface area (Å²) in [6.45, 7) is 1.85. The van der Waals surface area contributed by atoms with E-state index in [9.17, 15) is 0 Å². The monoisotopic (exact) mass is 195 g/mol. The zero-order chi connectivity index (χ0) is 9.84. The van der Waals surface area contributed by atoms with Crippen LogP contribution in [0.4, 0.5) is 0 Å². The Bertz CT molecular complexity index is 341. The van der Waals surface area contributed by atoms with E-state index in [1.807, 2.05) is 6.92 Å². The molecule has 13 heavy (non-hydrogen) atoms. The summed E-state index contributed by atoms with van der Waals surface area (Å²) in [5.74, 6) is 0.724. The largest absolute Gasteiger partial charge is 0.496 e. The summed E-state index contributed by atoms with van der Waals surface area (Å²) in [7, 11) is 1.59. The molecule has 0 aromatic heterocycles. The van der Waals surface area contributed by atoms with Gasteiger partial charge in [-0.2, -0.15) is 5.26 Å². The minimum atomic E-state index is -0.150. The third kappa shape index (κ3) is 2.13. The fourth-order valence-electron chi connectivity index (χ4n) is 1.11. The van der Waals surface area contributed by atoms with Gasteiger partial charge in [-0.3, -0.25) is 0 Å². The Kier molecular flexibility index (Phi) is 3.16. The van der Waals surface area contributed by atoms with Crippen LogP contribution in [0.5, 0.6) is 5.75 Å². The van der Waals surface area contributed by atoms with E-state index >= 15 is 0 Å². The molecule has 0 amide bonds. The molecule has 0 spiro atoms. The molecule has 1 atom stereocenters. The lowest BCUT2D eigenvalue weighted by molar-refractivity contribution is 0.409. The Morgan fingerprint density at radius 1 is 1.54 bits per heavy atom. The van der Waals surface area contributed by atoms with Gasteiger partial charge in [-0.25, -0.2) is 0 Å². The number of halogens is 1. The molecule has 0 radical (unpaired) electrons. The average molecular weight is 196 g/mol. The van der Waals surface area contributed by atoms with Crippen molar-refractivity contribution >= 4 is 11.6 Å². The lowest BCUT2D eigenvalue weighted by Gasteiger charge is -2.09. The highest BCUT2D eigenvalue weighted by Crippen LogP contribution is 2.29. The Morgan fingerprint density at radius 2 is 2.23 bits per heavy atom. The topological polar surface area (TPSA) is 33.0 Å². The molecule has 1 aromatic carbocycles. The summed E-state index contributed by atoms with van der Waals surface area (Å²) in [6.07, 6.45) is 0.